The predicted octanol–water partition coefficient (Wildman–Crippen LogP) is 1.77. The highest BCUT2D eigenvalue weighted by molar-refractivity contribution is 5.97. The van der Waals surface area contributed by atoms with Gasteiger partial charge in [-0.3, -0.25) is 9.48 Å². The molecule has 0 fully saturated rings. The summed E-state index contributed by atoms with van der Waals surface area (Å²) in [6.45, 7) is 4.95. The summed E-state index contributed by atoms with van der Waals surface area (Å²) in [5.74, 6) is -0.166. The van der Waals surface area contributed by atoms with Gasteiger partial charge in [-0.2, -0.15) is 5.10 Å². The first kappa shape index (κ1) is 14.1. The van der Waals surface area contributed by atoms with Crippen LogP contribution in [-0.4, -0.2) is 22.2 Å². The number of carbonyl (C=O) groups is 1. The molecule has 0 radical (unpaired) electrons. The fourth-order valence-electron chi connectivity index (χ4n) is 2.11. The highest BCUT2D eigenvalue weighted by Gasteiger charge is 2.18. The number of hydrogen-bond donors (Lipinski definition) is 2. The third kappa shape index (κ3) is 2.99. The van der Waals surface area contributed by atoms with Crippen molar-refractivity contribution in [2.45, 2.75) is 26.8 Å². The SMILES string of the molecule is CCn1nc(C)c(N)c1C(=O)NCCc1ccccc1. The van der Waals surface area contributed by atoms with E-state index < -0.39 is 0 Å². The molecule has 0 saturated carbocycles. The summed E-state index contributed by atoms with van der Waals surface area (Å²) < 4.78 is 1.64. The van der Waals surface area contributed by atoms with E-state index in [2.05, 4.69) is 10.4 Å². The molecule has 0 unspecified atom stereocenters. The third-order valence-corrected chi connectivity index (χ3v) is 3.23. The van der Waals surface area contributed by atoms with Crippen LogP contribution in [0.2, 0.25) is 0 Å². The van der Waals surface area contributed by atoms with Crippen molar-refractivity contribution >= 4 is 11.6 Å². The normalized spacial score (nSPS) is 10.5. The highest BCUT2D eigenvalue weighted by Crippen LogP contribution is 2.16. The monoisotopic (exact) mass is 272 g/mol. The second-order valence-corrected chi connectivity index (χ2v) is 4.65. The Morgan fingerprint density at radius 1 is 1.35 bits per heavy atom. The van der Waals surface area contributed by atoms with Gasteiger partial charge < -0.3 is 11.1 Å². The van der Waals surface area contributed by atoms with E-state index in [1.807, 2.05) is 44.2 Å². The van der Waals surface area contributed by atoms with E-state index in [9.17, 15) is 4.79 Å². The quantitative estimate of drug-likeness (QED) is 0.871. The van der Waals surface area contributed by atoms with Crippen molar-refractivity contribution in [3.05, 3.63) is 47.3 Å². The number of amides is 1. The predicted molar refractivity (Wildman–Crippen MR) is 79.5 cm³/mol. The first-order valence-corrected chi connectivity index (χ1v) is 6.78. The Balaban J connectivity index is 1.99. The standard InChI is InChI=1S/C15H20N4O/c1-3-19-14(13(16)11(2)18-19)15(20)17-10-9-12-7-5-4-6-8-12/h4-8H,3,9-10,16H2,1-2H3,(H,17,20). The smallest absolute Gasteiger partial charge is 0.271 e. The molecule has 5 nitrogen and oxygen atoms in total. The van der Waals surface area contributed by atoms with E-state index in [0.717, 1.165) is 6.42 Å². The van der Waals surface area contributed by atoms with Gasteiger partial charge >= 0.3 is 0 Å². The fourth-order valence-corrected chi connectivity index (χ4v) is 2.11. The average Bonchev–Trinajstić information content (AvgIpc) is 2.75. The summed E-state index contributed by atoms with van der Waals surface area (Å²) in [7, 11) is 0. The lowest BCUT2D eigenvalue weighted by Gasteiger charge is -2.07. The second-order valence-electron chi connectivity index (χ2n) is 4.65. The molecule has 1 aromatic carbocycles. The number of nitrogens with one attached hydrogen (secondary N) is 1. The average molecular weight is 272 g/mol. The molecular formula is C15H20N4O. The number of rotatable bonds is 5. The van der Waals surface area contributed by atoms with E-state index in [0.29, 0.717) is 30.2 Å². The summed E-state index contributed by atoms with van der Waals surface area (Å²) in [6.07, 6.45) is 0.797. The van der Waals surface area contributed by atoms with Crippen molar-refractivity contribution < 1.29 is 4.79 Å². The third-order valence-electron chi connectivity index (χ3n) is 3.23. The van der Waals surface area contributed by atoms with Crippen molar-refractivity contribution in [1.29, 1.82) is 0 Å². The van der Waals surface area contributed by atoms with Crippen LogP contribution in [0, 0.1) is 6.92 Å². The van der Waals surface area contributed by atoms with Crippen LogP contribution in [0.3, 0.4) is 0 Å². The molecular weight excluding hydrogens is 252 g/mol. The first-order valence-electron chi connectivity index (χ1n) is 6.78. The minimum atomic E-state index is -0.166. The van der Waals surface area contributed by atoms with E-state index >= 15 is 0 Å². The summed E-state index contributed by atoms with van der Waals surface area (Å²) >= 11 is 0. The molecule has 1 aromatic heterocycles. The van der Waals surface area contributed by atoms with Gasteiger partial charge in [0.25, 0.3) is 5.91 Å². The van der Waals surface area contributed by atoms with E-state index in [4.69, 9.17) is 5.73 Å². The zero-order valence-electron chi connectivity index (χ0n) is 11.9. The number of carbonyl (C=O) groups excluding carboxylic acids is 1. The Labute approximate surface area is 118 Å². The largest absolute Gasteiger partial charge is 0.395 e. The van der Waals surface area contributed by atoms with Crippen LogP contribution >= 0.6 is 0 Å². The van der Waals surface area contributed by atoms with Gasteiger partial charge in [-0.1, -0.05) is 30.3 Å². The Kier molecular flexibility index (Phi) is 4.40. The number of nitrogen functional groups attached to an aromatic ring is 1. The number of benzene rings is 1. The number of hydrogen-bond acceptors (Lipinski definition) is 3. The van der Waals surface area contributed by atoms with Gasteiger partial charge in [-0.25, -0.2) is 0 Å². The number of anilines is 1. The molecule has 1 heterocycles. The zero-order chi connectivity index (χ0) is 14.5. The van der Waals surface area contributed by atoms with Crippen LogP contribution in [0.4, 0.5) is 5.69 Å². The maximum atomic E-state index is 12.2. The number of nitrogens with zero attached hydrogens (tertiary/aromatic N) is 2. The molecule has 2 aromatic rings. The fraction of sp³-hybridized carbons (Fsp3) is 0.333. The molecule has 0 atom stereocenters. The first-order chi connectivity index (χ1) is 9.63. The van der Waals surface area contributed by atoms with Crippen LogP contribution in [-0.2, 0) is 13.0 Å². The Morgan fingerprint density at radius 3 is 2.70 bits per heavy atom. The molecule has 3 N–H and O–H groups in total. The zero-order valence-corrected chi connectivity index (χ0v) is 11.9. The summed E-state index contributed by atoms with van der Waals surface area (Å²) in [6, 6.07) is 10.0. The van der Waals surface area contributed by atoms with Crippen LogP contribution in [0.5, 0.6) is 0 Å². The molecule has 0 bridgehead atoms. The molecule has 0 spiro atoms. The van der Waals surface area contributed by atoms with Crippen LogP contribution in [0.1, 0.15) is 28.7 Å². The molecule has 0 aliphatic rings. The van der Waals surface area contributed by atoms with Gasteiger partial charge in [0.05, 0.1) is 11.4 Å². The van der Waals surface area contributed by atoms with E-state index in [1.165, 1.54) is 5.56 Å². The van der Waals surface area contributed by atoms with Crippen molar-refractivity contribution in [2.75, 3.05) is 12.3 Å². The van der Waals surface area contributed by atoms with Crippen molar-refractivity contribution in [2.24, 2.45) is 0 Å². The Morgan fingerprint density at radius 2 is 2.05 bits per heavy atom. The van der Waals surface area contributed by atoms with Crippen molar-refractivity contribution in [3.63, 3.8) is 0 Å². The van der Waals surface area contributed by atoms with Crippen LogP contribution in [0.15, 0.2) is 30.3 Å². The molecule has 5 heteroatoms. The molecule has 0 saturated heterocycles. The molecule has 106 valence electrons. The molecule has 0 aliphatic carbocycles. The number of aryl methyl sites for hydroxylation is 2. The maximum Gasteiger partial charge on any atom is 0.271 e. The topological polar surface area (TPSA) is 72.9 Å². The van der Waals surface area contributed by atoms with Gasteiger partial charge in [-0.15, -0.1) is 0 Å². The Bertz CT molecular complexity index is 589. The van der Waals surface area contributed by atoms with Gasteiger partial charge in [0, 0.05) is 13.1 Å². The van der Waals surface area contributed by atoms with Crippen molar-refractivity contribution in [1.82, 2.24) is 15.1 Å². The van der Waals surface area contributed by atoms with Gasteiger partial charge in [-0.05, 0) is 25.8 Å². The Hall–Kier alpha value is -2.30. The van der Waals surface area contributed by atoms with Gasteiger partial charge in [0.1, 0.15) is 5.69 Å². The maximum absolute atomic E-state index is 12.2. The molecule has 20 heavy (non-hydrogen) atoms. The summed E-state index contributed by atoms with van der Waals surface area (Å²) in [5.41, 5.74) is 8.73. The van der Waals surface area contributed by atoms with Gasteiger partial charge in [0.2, 0.25) is 0 Å². The molecule has 2 rings (SSSR count). The lowest BCUT2D eigenvalue weighted by Crippen LogP contribution is -2.28. The lowest BCUT2D eigenvalue weighted by molar-refractivity contribution is 0.0944. The van der Waals surface area contributed by atoms with E-state index in [-0.39, 0.29) is 5.91 Å². The minimum absolute atomic E-state index is 0.166. The molecule has 1 amide bonds. The summed E-state index contributed by atoms with van der Waals surface area (Å²) in [4.78, 5) is 12.2. The summed E-state index contributed by atoms with van der Waals surface area (Å²) in [5, 5.41) is 7.14. The highest BCUT2D eigenvalue weighted by atomic mass is 16.2. The lowest BCUT2D eigenvalue weighted by atomic mass is 10.1. The second kappa shape index (κ2) is 6.23. The minimum Gasteiger partial charge on any atom is -0.395 e. The van der Waals surface area contributed by atoms with E-state index in [1.54, 1.807) is 4.68 Å². The number of aromatic nitrogens is 2. The van der Waals surface area contributed by atoms with Crippen LogP contribution in [0.25, 0.3) is 0 Å². The molecule has 0 aliphatic heterocycles. The van der Waals surface area contributed by atoms with Crippen LogP contribution < -0.4 is 11.1 Å². The van der Waals surface area contributed by atoms with Gasteiger partial charge in [0.15, 0.2) is 0 Å². The number of nitrogens with two attached hydrogens (primary N) is 1. The van der Waals surface area contributed by atoms with Crippen molar-refractivity contribution in [3.8, 4) is 0 Å².